The molecule has 7 nitrogen and oxygen atoms in total. The van der Waals surface area contributed by atoms with Crippen molar-refractivity contribution in [2.24, 2.45) is 0 Å². The van der Waals surface area contributed by atoms with E-state index in [-0.39, 0.29) is 47.7 Å². The molecule has 9 heteroatoms. The molecule has 1 saturated heterocycles. The standard InChI is InChI=1S/C10H13ClN4O3S/c11-7-5-8(10(12)14-6-7)19(17,18)15-3-1-9(16)13-2-4-15/h5-6H,1-4H2,(H2,12,14)(H,13,16). The van der Waals surface area contributed by atoms with Gasteiger partial charge in [-0.15, -0.1) is 0 Å². The number of rotatable bonds is 2. The highest BCUT2D eigenvalue weighted by Gasteiger charge is 2.29. The molecular formula is C10H13ClN4O3S. The van der Waals surface area contributed by atoms with Gasteiger partial charge in [-0.2, -0.15) is 4.31 Å². The zero-order chi connectivity index (χ0) is 14.0. The van der Waals surface area contributed by atoms with Crippen LogP contribution in [0.3, 0.4) is 0 Å². The van der Waals surface area contributed by atoms with Crippen LogP contribution in [0.4, 0.5) is 5.82 Å². The molecule has 2 heterocycles. The third kappa shape index (κ3) is 2.96. The zero-order valence-corrected chi connectivity index (χ0v) is 11.5. The van der Waals surface area contributed by atoms with Crippen LogP contribution in [0.25, 0.3) is 0 Å². The first-order valence-electron chi connectivity index (χ1n) is 5.59. The molecule has 0 spiro atoms. The number of halogens is 1. The van der Waals surface area contributed by atoms with Gasteiger partial charge in [-0.3, -0.25) is 4.79 Å². The lowest BCUT2D eigenvalue weighted by Crippen LogP contribution is -2.34. The molecule has 3 N–H and O–H groups in total. The van der Waals surface area contributed by atoms with Gasteiger partial charge >= 0.3 is 0 Å². The molecule has 0 bridgehead atoms. The molecule has 1 aliphatic heterocycles. The second-order valence-electron chi connectivity index (χ2n) is 4.04. The van der Waals surface area contributed by atoms with Crippen LogP contribution in [-0.4, -0.2) is 43.2 Å². The van der Waals surface area contributed by atoms with Crippen LogP contribution >= 0.6 is 11.6 Å². The summed E-state index contributed by atoms with van der Waals surface area (Å²) < 4.78 is 26.1. The Morgan fingerprint density at radius 2 is 2.16 bits per heavy atom. The number of aromatic nitrogens is 1. The van der Waals surface area contributed by atoms with Crippen molar-refractivity contribution in [2.75, 3.05) is 25.4 Å². The van der Waals surface area contributed by atoms with Crippen LogP contribution in [0.1, 0.15) is 6.42 Å². The maximum absolute atomic E-state index is 12.4. The largest absolute Gasteiger partial charge is 0.383 e. The van der Waals surface area contributed by atoms with Crippen molar-refractivity contribution >= 4 is 33.3 Å². The summed E-state index contributed by atoms with van der Waals surface area (Å²) in [6.07, 6.45) is 1.40. The lowest BCUT2D eigenvalue weighted by molar-refractivity contribution is -0.120. The van der Waals surface area contributed by atoms with Crippen molar-refractivity contribution < 1.29 is 13.2 Å². The van der Waals surface area contributed by atoms with E-state index in [0.717, 1.165) is 0 Å². The molecule has 0 aliphatic carbocycles. The number of anilines is 1. The number of carbonyl (C=O) groups is 1. The minimum Gasteiger partial charge on any atom is -0.383 e. The van der Waals surface area contributed by atoms with Crippen LogP contribution in [0, 0.1) is 0 Å². The number of hydrogen-bond donors (Lipinski definition) is 2. The quantitative estimate of drug-likeness (QED) is 0.789. The predicted octanol–water partition coefficient (Wildman–Crippen LogP) is -0.172. The highest BCUT2D eigenvalue weighted by Crippen LogP contribution is 2.24. The Hall–Kier alpha value is -1.38. The fourth-order valence-electron chi connectivity index (χ4n) is 1.76. The van der Waals surface area contributed by atoms with Gasteiger partial charge in [0.15, 0.2) is 0 Å². The SMILES string of the molecule is Nc1ncc(Cl)cc1S(=O)(=O)N1CCNC(=O)CC1. The normalized spacial score (nSPS) is 17.8. The smallest absolute Gasteiger partial charge is 0.246 e. The fraction of sp³-hybridized carbons (Fsp3) is 0.400. The second-order valence-corrected chi connectivity index (χ2v) is 6.38. The Morgan fingerprint density at radius 1 is 1.42 bits per heavy atom. The number of pyridine rings is 1. The Morgan fingerprint density at radius 3 is 2.89 bits per heavy atom. The lowest BCUT2D eigenvalue weighted by Gasteiger charge is -2.19. The number of carbonyl (C=O) groups excluding carboxylic acids is 1. The van der Waals surface area contributed by atoms with Gasteiger partial charge in [0.2, 0.25) is 15.9 Å². The van der Waals surface area contributed by atoms with Crippen LogP contribution in [0.2, 0.25) is 5.02 Å². The summed E-state index contributed by atoms with van der Waals surface area (Å²) >= 11 is 5.75. The average molecular weight is 305 g/mol. The number of sulfonamides is 1. The molecule has 104 valence electrons. The van der Waals surface area contributed by atoms with E-state index in [1.165, 1.54) is 16.6 Å². The van der Waals surface area contributed by atoms with Crippen molar-refractivity contribution in [1.29, 1.82) is 0 Å². The molecule has 0 atom stereocenters. The maximum Gasteiger partial charge on any atom is 0.246 e. The average Bonchev–Trinajstić information content (AvgIpc) is 2.57. The molecule has 0 radical (unpaired) electrons. The summed E-state index contributed by atoms with van der Waals surface area (Å²) in [6, 6.07) is 1.26. The van der Waals surface area contributed by atoms with Crippen LogP contribution in [0.5, 0.6) is 0 Å². The van der Waals surface area contributed by atoms with Gasteiger partial charge in [-0.25, -0.2) is 13.4 Å². The number of nitrogens with one attached hydrogen (secondary N) is 1. The van der Waals surface area contributed by atoms with Crippen LogP contribution < -0.4 is 11.1 Å². The van der Waals surface area contributed by atoms with Crippen molar-refractivity contribution in [2.45, 2.75) is 11.3 Å². The van der Waals surface area contributed by atoms with Gasteiger partial charge < -0.3 is 11.1 Å². The first kappa shape index (κ1) is 14.0. The third-order valence-corrected chi connectivity index (χ3v) is 4.87. The highest BCUT2D eigenvalue weighted by molar-refractivity contribution is 7.89. The van der Waals surface area contributed by atoms with Gasteiger partial charge in [-0.05, 0) is 6.07 Å². The van der Waals surface area contributed by atoms with E-state index in [1.54, 1.807) is 0 Å². The molecule has 0 aromatic carbocycles. The van der Waals surface area contributed by atoms with E-state index < -0.39 is 10.0 Å². The molecule has 1 aliphatic rings. The van der Waals surface area contributed by atoms with Crippen molar-refractivity contribution in [3.05, 3.63) is 17.3 Å². The Kier molecular flexibility index (Phi) is 3.93. The molecule has 1 fully saturated rings. The summed E-state index contributed by atoms with van der Waals surface area (Å²) in [4.78, 5) is 14.8. The van der Waals surface area contributed by atoms with Gasteiger partial charge in [-0.1, -0.05) is 11.6 Å². The fourth-order valence-corrected chi connectivity index (χ4v) is 3.52. The third-order valence-electron chi connectivity index (χ3n) is 2.74. The Balaban J connectivity index is 2.36. The van der Waals surface area contributed by atoms with E-state index in [1.807, 2.05) is 0 Å². The zero-order valence-electron chi connectivity index (χ0n) is 9.97. The van der Waals surface area contributed by atoms with Crippen molar-refractivity contribution in [3.8, 4) is 0 Å². The first-order valence-corrected chi connectivity index (χ1v) is 7.41. The van der Waals surface area contributed by atoms with E-state index in [9.17, 15) is 13.2 Å². The molecule has 1 amide bonds. The number of nitrogens with zero attached hydrogens (tertiary/aromatic N) is 2. The van der Waals surface area contributed by atoms with Crippen molar-refractivity contribution in [3.63, 3.8) is 0 Å². The molecule has 0 saturated carbocycles. The molecule has 1 aromatic rings. The van der Waals surface area contributed by atoms with Gasteiger partial charge in [0, 0.05) is 32.3 Å². The summed E-state index contributed by atoms with van der Waals surface area (Å²) in [5.41, 5.74) is 5.59. The lowest BCUT2D eigenvalue weighted by atomic mass is 10.4. The number of nitrogen functional groups attached to an aromatic ring is 1. The van der Waals surface area contributed by atoms with Gasteiger partial charge in [0.25, 0.3) is 0 Å². The summed E-state index contributed by atoms with van der Waals surface area (Å²) in [5.74, 6) is -0.275. The molecule has 0 unspecified atom stereocenters. The van der Waals surface area contributed by atoms with Gasteiger partial charge in [0.05, 0.1) is 5.02 Å². The summed E-state index contributed by atoms with van der Waals surface area (Å²) in [6.45, 7) is 0.576. The predicted molar refractivity (Wildman–Crippen MR) is 70.0 cm³/mol. The summed E-state index contributed by atoms with van der Waals surface area (Å²) in [7, 11) is -3.79. The number of nitrogens with two attached hydrogens (primary N) is 1. The summed E-state index contributed by atoms with van der Waals surface area (Å²) in [5, 5.41) is 2.80. The minimum absolute atomic E-state index is 0.104. The topological polar surface area (TPSA) is 105 Å². The molecule has 19 heavy (non-hydrogen) atoms. The Labute approximate surface area is 115 Å². The monoisotopic (exact) mass is 304 g/mol. The minimum atomic E-state index is -3.79. The highest BCUT2D eigenvalue weighted by atomic mass is 35.5. The molecule has 1 aromatic heterocycles. The van der Waals surface area contributed by atoms with E-state index in [2.05, 4.69) is 10.3 Å². The van der Waals surface area contributed by atoms with E-state index in [4.69, 9.17) is 17.3 Å². The number of hydrogen-bond acceptors (Lipinski definition) is 5. The second kappa shape index (κ2) is 5.32. The maximum atomic E-state index is 12.4. The van der Waals surface area contributed by atoms with E-state index >= 15 is 0 Å². The number of amides is 1. The van der Waals surface area contributed by atoms with Crippen LogP contribution in [0.15, 0.2) is 17.2 Å². The van der Waals surface area contributed by atoms with Crippen molar-refractivity contribution in [1.82, 2.24) is 14.6 Å². The molecular weight excluding hydrogens is 292 g/mol. The first-order chi connectivity index (χ1) is 8.91. The molecule has 2 rings (SSSR count). The van der Waals surface area contributed by atoms with Crippen LogP contribution in [-0.2, 0) is 14.8 Å². The van der Waals surface area contributed by atoms with Gasteiger partial charge in [0.1, 0.15) is 10.7 Å². The Bertz CT molecular complexity index is 605. The van der Waals surface area contributed by atoms with E-state index in [0.29, 0.717) is 0 Å².